The molecule has 1 saturated heterocycles. The zero-order valence-corrected chi connectivity index (χ0v) is 14.2. The maximum absolute atomic E-state index is 12.5. The topological polar surface area (TPSA) is 67.4 Å². The molecule has 0 radical (unpaired) electrons. The quantitative estimate of drug-likeness (QED) is 0.879. The van der Waals surface area contributed by atoms with Gasteiger partial charge in [-0.2, -0.15) is 0 Å². The smallest absolute Gasteiger partial charge is 0.224 e. The molecule has 25 heavy (non-hydrogen) atoms. The van der Waals surface area contributed by atoms with Crippen LogP contribution in [0, 0.1) is 0 Å². The average Bonchev–Trinajstić information content (AvgIpc) is 2.64. The summed E-state index contributed by atoms with van der Waals surface area (Å²) in [6, 6.07) is 16.9. The first-order chi connectivity index (χ1) is 12.2. The van der Waals surface area contributed by atoms with Crippen molar-refractivity contribution >= 4 is 11.8 Å². The van der Waals surface area contributed by atoms with Crippen LogP contribution in [0.15, 0.2) is 54.6 Å². The molecule has 1 aliphatic heterocycles. The minimum atomic E-state index is -0.197. The Morgan fingerprint density at radius 3 is 2.76 bits per heavy atom. The van der Waals surface area contributed by atoms with E-state index in [0.717, 1.165) is 16.9 Å². The minimum Gasteiger partial charge on any atom is -0.497 e. The number of carbonyl (C=O) groups excluding carboxylic acids is 2. The Hall–Kier alpha value is -2.82. The molecule has 0 aromatic heterocycles. The van der Waals surface area contributed by atoms with Crippen LogP contribution >= 0.6 is 0 Å². The first-order valence-electron chi connectivity index (χ1n) is 8.42. The Morgan fingerprint density at radius 2 is 2.00 bits per heavy atom. The third-order valence-corrected chi connectivity index (χ3v) is 4.41. The van der Waals surface area contributed by atoms with E-state index < -0.39 is 0 Å². The van der Waals surface area contributed by atoms with Gasteiger partial charge < -0.3 is 15.4 Å². The van der Waals surface area contributed by atoms with E-state index >= 15 is 0 Å². The van der Waals surface area contributed by atoms with Crippen molar-refractivity contribution in [3.8, 4) is 5.75 Å². The van der Waals surface area contributed by atoms with Crippen molar-refractivity contribution in [3.05, 3.63) is 65.7 Å². The summed E-state index contributed by atoms with van der Waals surface area (Å²) in [4.78, 5) is 24.3. The first kappa shape index (κ1) is 17.0. The molecular formula is C20H22N2O3. The second kappa shape index (κ2) is 7.83. The lowest BCUT2D eigenvalue weighted by Gasteiger charge is -2.33. The molecule has 0 bridgehead atoms. The molecule has 1 aliphatic rings. The van der Waals surface area contributed by atoms with Gasteiger partial charge in [0, 0.05) is 6.42 Å². The molecule has 5 heteroatoms. The van der Waals surface area contributed by atoms with Gasteiger partial charge in [-0.1, -0.05) is 42.5 Å². The van der Waals surface area contributed by atoms with Crippen LogP contribution in [0.2, 0.25) is 0 Å². The summed E-state index contributed by atoms with van der Waals surface area (Å²) in [7, 11) is 1.61. The van der Waals surface area contributed by atoms with Crippen LogP contribution in [0.25, 0.3) is 0 Å². The third kappa shape index (κ3) is 4.38. The van der Waals surface area contributed by atoms with Crippen LogP contribution in [-0.2, 0) is 16.0 Å². The molecular weight excluding hydrogens is 316 g/mol. The second-order valence-electron chi connectivity index (χ2n) is 6.20. The van der Waals surface area contributed by atoms with E-state index in [2.05, 4.69) is 10.6 Å². The van der Waals surface area contributed by atoms with Crippen molar-refractivity contribution < 1.29 is 14.3 Å². The zero-order chi connectivity index (χ0) is 17.6. The molecule has 1 fully saturated rings. The molecule has 5 nitrogen and oxygen atoms in total. The summed E-state index contributed by atoms with van der Waals surface area (Å²) in [6.45, 7) is 0. The van der Waals surface area contributed by atoms with Gasteiger partial charge in [-0.25, -0.2) is 0 Å². The fourth-order valence-corrected chi connectivity index (χ4v) is 3.16. The number of hydrogen-bond donors (Lipinski definition) is 2. The number of benzene rings is 2. The average molecular weight is 338 g/mol. The number of nitrogens with one attached hydrogen (secondary N) is 2. The third-order valence-electron chi connectivity index (χ3n) is 4.41. The van der Waals surface area contributed by atoms with Gasteiger partial charge in [-0.15, -0.1) is 0 Å². The molecule has 2 atom stereocenters. The van der Waals surface area contributed by atoms with Crippen molar-refractivity contribution in [1.29, 1.82) is 0 Å². The summed E-state index contributed by atoms with van der Waals surface area (Å²) < 4.78 is 5.19. The molecule has 0 unspecified atom stereocenters. The molecule has 2 aromatic rings. The maximum atomic E-state index is 12.5. The number of piperidine rings is 1. The van der Waals surface area contributed by atoms with Gasteiger partial charge in [0.1, 0.15) is 5.75 Å². The number of amides is 2. The van der Waals surface area contributed by atoms with Gasteiger partial charge in [-0.3, -0.25) is 9.59 Å². The van der Waals surface area contributed by atoms with Crippen LogP contribution in [0.4, 0.5) is 0 Å². The highest BCUT2D eigenvalue weighted by atomic mass is 16.5. The number of hydrogen-bond acceptors (Lipinski definition) is 3. The van der Waals surface area contributed by atoms with Gasteiger partial charge in [0.2, 0.25) is 11.8 Å². The van der Waals surface area contributed by atoms with Gasteiger partial charge in [0.05, 0.1) is 25.6 Å². The Morgan fingerprint density at radius 1 is 1.20 bits per heavy atom. The highest BCUT2D eigenvalue weighted by molar-refractivity contribution is 5.81. The Balaban J connectivity index is 1.68. The standard InChI is InChI=1S/C20H22N2O3/c1-25-16-9-5-6-14(12-16)13-19(24)21-17-10-11-18(23)22-20(17)15-7-3-2-4-8-15/h2-9,12,17,20H,10-11,13H2,1H3,(H,21,24)(H,22,23)/t17-,20+/m1/s1. The Kier molecular flexibility index (Phi) is 5.33. The van der Waals surface area contributed by atoms with Gasteiger partial charge >= 0.3 is 0 Å². The van der Waals surface area contributed by atoms with Crippen molar-refractivity contribution in [2.45, 2.75) is 31.3 Å². The van der Waals surface area contributed by atoms with Crippen LogP contribution in [0.3, 0.4) is 0 Å². The number of carbonyl (C=O) groups is 2. The lowest BCUT2D eigenvalue weighted by atomic mass is 9.91. The highest BCUT2D eigenvalue weighted by Crippen LogP contribution is 2.24. The predicted molar refractivity (Wildman–Crippen MR) is 95.2 cm³/mol. The fourth-order valence-electron chi connectivity index (χ4n) is 3.16. The van der Waals surface area contributed by atoms with Gasteiger partial charge in [-0.05, 0) is 29.7 Å². The van der Waals surface area contributed by atoms with Crippen molar-refractivity contribution in [1.82, 2.24) is 10.6 Å². The number of rotatable bonds is 5. The zero-order valence-electron chi connectivity index (χ0n) is 14.2. The molecule has 2 amide bonds. The molecule has 1 heterocycles. The molecule has 2 aromatic carbocycles. The minimum absolute atomic E-state index is 0.0205. The van der Waals surface area contributed by atoms with E-state index in [1.807, 2.05) is 54.6 Å². The molecule has 2 N–H and O–H groups in total. The van der Waals surface area contributed by atoms with Crippen LogP contribution in [0.5, 0.6) is 5.75 Å². The van der Waals surface area contributed by atoms with Gasteiger partial charge in [0.15, 0.2) is 0 Å². The van der Waals surface area contributed by atoms with Crippen molar-refractivity contribution in [2.24, 2.45) is 0 Å². The van der Waals surface area contributed by atoms with E-state index in [4.69, 9.17) is 4.74 Å². The summed E-state index contributed by atoms with van der Waals surface area (Å²) >= 11 is 0. The molecule has 3 rings (SSSR count). The normalized spacial score (nSPS) is 19.8. The van der Waals surface area contributed by atoms with E-state index in [-0.39, 0.29) is 30.3 Å². The lowest BCUT2D eigenvalue weighted by molar-refractivity contribution is -0.126. The molecule has 0 spiro atoms. The van der Waals surface area contributed by atoms with E-state index in [1.165, 1.54) is 0 Å². The van der Waals surface area contributed by atoms with Crippen molar-refractivity contribution in [2.75, 3.05) is 7.11 Å². The number of methoxy groups -OCH3 is 1. The van der Waals surface area contributed by atoms with E-state index in [9.17, 15) is 9.59 Å². The summed E-state index contributed by atoms with van der Waals surface area (Å²) in [5.74, 6) is 0.694. The highest BCUT2D eigenvalue weighted by Gasteiger charge is 2.30. The largest absolute Gasteiger partial charge is 0.497 e. The molecule has 130 valence electrons. The monoisotopic (exact) mass is 338 g/mol. The fraction of sp³-hybridized carbons (Fsp3) is 0.300. The van der Waals surface area contributed by atoms with E-state index in [1.54, 1.807) is 7.11 Å². The predicted octanol–water partition coefficient (Wildman–Crippen LogP) is 2.37. The van der Waals surface area contributed by atoms with E-state index in [0.29, 0.717) is 12.8 Å². The SMILES string of the molecule is COc1cccc(CC(=O)N[C@@H]2CCC(=O)N[C@H]2c2ccccc2)c1. The summed E-state index contributed by atoms with van der Waals surface area (Å²) in [5.41, 5.74) is 1.90. The van der Waals surface area contributed by atoms with Crippen molar-refractivity contribution in [3.63, 3.8) is 0 Å². The number of ether oxygens (including phenoxy) is 1. The summed E-state index contributed by atoms with van der Waals surface area (Å²) in [5, 5.41) is 6.08. The maximum Gasteiger partial charge on any atom is 0.224 e. The van der Waals surface area contributed by atoms with Crippen LogP contribution in [0.1, 0.15) is 30.0 Å². The Bertz CT molecular complexity index is 746. The molecule has 0 saturated carbocycles. The summed E-state index contributed by atoms with van der Waals surface area (Å²) in [6.07, 6.45) is 1.34. The van der Waals surface area contributed by atoms with Crippen LogP contribution < -0.4 is 15.4 Å². The van der Waals surface area contributed by atoms with Crippen LogP contribution in [-0.4, -0.2) is 25.0 Å². The lowest BCUT2D eigenvalue weighted by Crippen LogP contribution is -2.50. The first-order valence-corrected chi connectivity index (χ1v) is 8.42. The molecule has 0 aliphatic carbocycles. The Labute approximate surface area is 147 Å². The second-order valence-corrected chi connectivity index (χ2v) is 6.20. The van der Waals surface area contributed by atoms with Gasteiger partial charge in [0.25, 0.3) is 0 Å².